The molecule has 10 nitrogen and oxygen atoms in total. The number of benzene rings is 3. The standard InChI is InChI=1S/C29H18F4N4O6S2/c30-16-6-4-14(5-7-16)21-22-23(26(40)36(25(22)39)18-8-10-19(11-9-18)37(42)43)44-27-24(21)45-28(41)35(27)13-20(38)34-17-3-1-2-15(12-17)29(31,32)33/h1-12,21-23H,13H2,(H,34,38)/t21-,22+,23-/m0/s1. The third-order valence-electron chi connectivity index (χ3n) is 7.37. The van der Waals surface area contributed by atoms with Crippen molar-refractivity contribution >= 4 is 57.9 Å². The van der Waals surface area contributed by atoms with Crippen molar-refractivity contribution in [1.82, 2.24) is 4.57 Å². The van der Waals surface area contributed by atoms with Crippen molar-refractivity contribution in [3.63, 3.8) is 0 Å². The molecule has 45 heavy (non-hydrogen) atoms. The maximum Gasteiger partial charge on any atom is 0.416 e. The van der Waals surface area contributed by atoms with Crippen LogP contribution in [-0.4, -0.2) is 32.5 Å². The fourth-order valence-corrected chi connectivity index (χ4v) is 8.15. The van der Waals surface area contributed by atoms with Crippen LogP contribution in [-0.2, 0) is 27.1 Å². The quantitative estimate of drug-likeness (QED) is 0.127. The van der Waals surface area contributed by atoms with Gasteiger partial charge < -0.3 is 5.32 Å². The first kappa shape index (κ1) is 30.2. The van der Waals surface area contributed by atoms with Crippen LogP contribution >= 0.6 is 23.1 Å². The molecule has 2 aliphatic rings. The van der Waals surface area contributed by atoms with Gasteiger partial charge in [0.2, 0.25) is 17.7 Å². The van der Waals surface area contributed by atoms with E-state index in [-0.39, 0.29) is 22.1 Å². The van der Waals surface area contributed by atoms with E-state index in [2.05, 4.69) is 5.32 Å². The second kappa shape index (κ2) is 11.3. The normalized spacial score (nSPS) is 19.3. The van der Waals surface area contributed by atoms with Crippen molar-refractivity contribution in [3.8, 4) is 0 Å². The molecule has 0 radical (unpaired) electrons. The lowest BCUT2D eigenvalue weighted by molar-refractivity contribution is -0.384. The molecule has 0 saturated carbocycles. The molecule has 1 aromatic heterocycles. The molecule has 0 unspecified atom stereocenters. The van der Waals surface area contributed by atoms with E-state index in [9.17, 15) is 46.9 Å². The highest BCUT2D eigenvalue weighted by Crippen LogP contribution is 2.54. The maximum absolute atomic E-state index is 13.9. The topological polar surface area (TPSA) is 132 Å². The molecule has 1 saturated heterocycles. The molecule has 0 spiro atoms. The number of hydrogen-bond acceptors (Lipinski definition) is 8. The number of fused-ring (bicyclic) bond motifs is 2. The van der Waals surface area contributed by atoms with Crippen molar-refractivity contribution in [1.29, 1.82) is 0 Å². The Bertz CT molecular complexity index is 1920. The number of thioether (sulfide) groups is 1. The number of anilines is 2. The number of carbonyl (C=O) groups excluding carboxylic acids is 3. The van der Waals surface area contributed by atoms with Gasteiger partial charge in [-0.1, -0.05) is 41.3 Å². The third kappa shape index (κ3) is 5.50. The molecule has 16 heteroatoms. The van der Waals surface area contributed by atoms with Crippen molar-refractivity contribution in [2.24, 2.45) is 5.92 Å². The van der Waals surface area contributed by atoms with Crippen LogP contribution in [0.3, 0.4) is 0 Å². The molecule has 6 rings (SSSR count). The molecule has 230 valence electrons. The minimum absolute atomic E-state index is 0.102. The monoisotopic (exact) mass is 658 g/mol. The van der Waals surface area contributed by atoms with E-state index < -0.39 is 68.7 Å². The van der Waals surface area contributed by atoms with E-state index in [4.69, 9.17) is 0 Å². The lowest BCUT2D eigenvalue weighted by Crippen LogP contribution is -2.33. The highest BCUT2D eigenvalue weighted by Gasteiger charge is 2.56. The number of imide groups is 1. The summed E-state index contributed by atoms with van der Waals surface area (Å²) in [6.07, 6.45) is -4.64. The summed E-state index contributed by atoms with van der Waals surface area (Å²) in [6, 6.07) is 14.0. The first-order valence-corrected chi connectivity index (χ1v) is 14.8. The van der Waals surface area contributed by atoms with Crippen LogP contribution in [0, 0.1) is 21.8 Å². The van der Waals surface area contributed by atoms with Crippen molar-refractivity contribution in [3.05, 3.63) is 114 Å². The second-order valence-electron chi connectivity index (χ2n) is 10.1. The molecular formula is C29H18F4N4O6S2. The van der Waals surface area contributed by atoms with Crippen molar-refractivity contribution in [2.45, 2.75) is 28.9 Å². The van der Waals surface area contributed by atoms with Crippen LogP contribution in [0.4, 0.5) is 34.6 Å². The first-order valence-electron chi connectivity index (χ1n) is 13.1. The number of halogens is 4. The van der Waals surface area contributed by atoms with E-state index in [0.717, 1.165) is 62.9 Å². The van der Waals surface area contributed by atoms with Crippen LogP contribution in [0.1, 0.15) is 21.9 Å². The number of nitro groups is 1. The summed E-state index contributed by atoms with van der Waals surface area (Å²) >= 11 is 1.64. The zero-order valence-corrected chi connectivity index (χ0v) is 24.1. The van der Waals surface area contributed by atoms with Crippen LogP contribution in [0.25, 0.3) is 0 Å². The molecule has 1 N–H and O–H groups in total. The predicted octanol–water partition coefficient (Wildman–Crippen LogP) is 5.41. The Labute approximate surface area is 258 Å². The molecule has 4 aromatic rings. The number of nitrogens with zero attached hydrogens (tertiary/aromatic N) is 3. The Kier molecular flexibility index (Phi) is 7.56. The van der Waals surface area contributed by atoms with Gasteiger partial charge in [-0.25, -0.2) is 9.29 Å². The van der Waals surface area contributed by atoms with E-state index in [1.165, 1.54) is 42.5 Å². The lowest BCUT2D eigenvalue weighted by atomic mass is 9.83. The van der Waals surface area contributed by atoms with E-state index in [1.54, 1.807) is 0 Å². The third-order valence-corrected chi connectivity index (χ3v) is 9.98. The van der Waals surface area contributed by atoms with Gasteiger partial charge in [0.1, 0.15) is 17.6 Å². The molecule has 1 fully saturated rings. The minimum atomic E-state index is -4.64. The fourth-order valence-electron chi connectivity index (χ4n) is 5.38. The summed E-state index contributed by atoms with van der Waals surface area (Å²) in [5.74, 6) is -4.57. The van der Waals surface area contributed by atoms with Crippen LogP contribution in [0.2, 0.25) is 0 Å². The number of amides is 3. The van der Waals surface area contributed by atoms with Gasteiger partial charge in [-0.3, -0.25) is 33.9 Å². The number of thiazole rings is 1. The molecule has 0 bridgehead atoms. The highest BCUT2D eigenvalue weighted by atomic mass is 32.2. The zero-order valence-electron chi connectivity index (χ0n) is 22.5. The largest absolute Gasteiger partial charge is 0.416 e. The Morgan fingerprint density at radius 3 is 2.31 bits per heavy atom. The predicted molar refractivity (Wildman–Crippen MR) is 156 cm³/mol. The maximum atomic E-state index is 13.9. The van der Waals surface area contributed by atoms with Gasteiger partial charge in [0.05, 0.1) is 27.1 Å². The van der Waals surface area contributed by atoms with E-state index >= 15 is 0 Å². The number of alkyl halides is 3. The van der Waals surface area contributed by atoms with Gasteiger partial charge in [0.15, 0.2) is 0 Å². The van der Waals surface area contributed by atoms with Gasteiger partial charge in [0, 0.05) is 28.6 Å². The number of rotatable bonds is 6. The summed E-state index contributed by atoms with van der Waals surface area (Å²) < 4.78 is 54.4. The fraction of sp³-hybridized carbons (Fsp3) is 0.172. The highest BCUT2D eigenvalue weighted by molar-refractivity contribution is 8.00. The van der Waals surface area contributed by atoms with E-state index in [0.29, 0.717) is 10.4 Å². The number of non-ortho nitro benzene ring substituents is 1. The van der Waals surface area contributed by atoms with Crippen LogP contribution < -0.4 is 15.1 Å². The SMILES string of the molecule is O=C(Cn1c2c(sc1=O)[C@@H](c1ccc(F)cc1)[C@H]1C(=O)N(c3ccc([N+](=O)[O-])cc3)C(=O)[C@H]1S2)Nc1cccc(C(F)(F)F)c1. The van der Waals surface area contributed by atoms with Gasteiger partial charge in [-0.05, 0) is 48.0 Å². The minimum Gasteiger partial charge on any atom is -0.325 e. The summed E-state index contributed by atoms with van der Waals surface area (Å²) in [5.41, 5.74) is -0.829. The molecule has 3 atom stereocenters. The van der Waals surface area contributed by atoms with Gasteiger partial charge in [-0.2, -0.15) is 13.2 Å². The van der Waals surface area contributed by atoms with Gasteiger partial charge in [-0.15, -0.1) is 0 Å². The number of hydrogen-bond donors (Lipinski definition) is 1. The molecule has 3 aromatic carbocycles. The number of nitro benzene ring substituents is 1. The number of carbonyl (C=O) groups is 3. The Balaban J connectivity index is 1.37. The Morgan fingerprint density at radius 1 is 0.978 bits per heavy atom. The van der Waals surface area contributed by atoms with Crippen molar-refractivity contribution in [2.75, 3.05) is 10.2 Å². The van der Waals surface area contributed by atoms with Crippen LogP contribution in [0.15, 0.2) is 82.6 Å². The molecular weight excluding hydrogens is 640 g/mol. The number of aromatic nitrogens is 1. The summed E-state index contributed by atoms with van der Waals surface area (Å²) in [7, 11) is 0. The van der Waals surface area contributed by atoms with Crippen molar-refractivity contribution < 1.29 is 36.9 Å². The average molecular weight is 659 g/mol. The lowest BCUT2D eigenvalue weighted by Gasteiger charge is -2.30. The Hall–Kier alpha value is -4.83. The molecule has 0 aliphatic carbocycles. The summed E-state index contributed by atoms with van der Waals surface area (Å²) in [5, 5.41) is 12.6. The molecule has 3 heterocycles. The summed E-state index contributed by atoms with van der Waals surface area (Å²) in [4.78, 5) is 64.9. The number of nitrogens with one attached hydrogen (secondary N) is 1. The smallest absolute Gasteiger partial charge is 0.325 e. The zero-order chi connectivity index (χ0) is 32.2. The molecule has 3 amide bonds. The van der Waals surface area contributed by atoms with Crippen LogP contribution in [0.5, 0.6) is 0 Å². The molecule has 2 aliphatic heterocycles. The second-order valence-corrected chi connectivity index (χ2v) is 12.3. The Morgan fingerprint density at radius 2 is 1.67 bits per heavy atom. The van der Waals surface area contributed by atoms with Gasteiger partial charge >= 0.3 is 11.0 Å². The first-order chi connectivity index (χ1) is 21.3. The average Bonchev–Trinajstić information content (AvgIpc) is 3.43. The summed E-state index contributed by atoms with van der Waals surface area (Å²) in [6.45, 7) is -0.602. The van der Waals surface area contributed by atoms with Gasteiger partial charge in [0.25, 0.3) is 5.69 Å². The van der Waals surface area contributed by atoms with E-state index in [1.807, 2.05) is 0 Å².